The Bertz CT molecular complexity index is 947. The molecule has 5 atom stereocenters. The standard InChI is InChI=1S/C23H34FN5O6/c1-34-16-8-6-7-15(11-16)17-13-28(27-26-17)14-18(30)21(32)22(33)20-23(29(20)19(31)12-24)35-10-5-3-2-4-9-25/h6-8,11,13,18,20-23,30,32-33H,2-5,9-10,12,14,25H2,1H3. The second kappa shape index (κ2) is 12.9. The molecule has 1 fully saturated rings. The highest BCUT2D eigenvalue weighted by Crippen LogP contribution is 2.34. The van der Waals surface area contributed by atoms with Crippen LogP contribution in [0.15, 0.2) is 30.5 Å². The van der Waals surface area contributed by atoms with Gasteiger partial charge >= 0.3 is 0 Å². The molecule has 0 aliphatic carbocycles. The van der Waals surface area contributed by atoms with Gasteiger partial charge in [0.25, 0.3) is 5.91 Å². The third-order valence-electron chi connectivity index (χ3n) is 5.96. The molecule has 5 N–H and O–H groups in total. The number of nitrogens with two attached hydrogens (primary N) is 1. The van der Waals surface area contributed by atoms with Gasteiger partial charge in [-0.15, -0.1) is 5.10 Å². The normalized spacial score (nSPS) is 19.9. The molecule has 1 aliphatic heterocycles. The van der Waals surface area contributed by atoms with Crippen LogP contribution in [0.4, 0.5) is 4.39 Å². The Morgan fingerprint density at radius 1 is 1.23 bits per heavy atom. The lowest BCUT2D eigenvalue weighted by Crippen LogP contribution is -2.44. The molecule has 3 rings (SSSR count). The molecular formula is C23H34FN5O6. The van der Waals surface area contributed by atoms with E-state index in [4.69, 9.17) is 15.2 Å². The van der Waals surface area contributed by atoms with Gasteiger partial charge in [-0.3, -0.25) is 4.79 Å². The Morgan fingerprint density at radius 3 is 2.71 bits per heavy atom. The van der Waals surface area contributed by atoms with Crippen LogP contribution in [-0.4, -0.2) is 98.6 Å². The first-order chi connectivity index (χ1) is 16.9. The Kier molecular flexibility index (Phi) is 9.93. The first-order valence-electron chi connectivity index (χ1n) is 11.7. The monoisotopic (exact) mass is 495 g/mol. The second-order valence-electron chi connectivity index (χ2n) is 8.50. The van der Waals surface area contributed by atoms with E-state index in [0.29, 0.717) is 24.6 Å². The van der Waals surface area contributed by atoms with Crippen molar-refractivity contribution in [2.75, 3.05) is 26.9 Å². The number of aliphatic hydroxyl groups excluding tert-OH is 3. The predicted octanol–water partition coefficient (Wildman–Crippen LogP) is 0.0785. The zero-order valence-electron chi connectivity index (χ0n) is 19.7. The van der Waals surface area contributed by atoms with Gasteiger partial charge in [0, 0.05) is 12.2 Å². The number of nitrogens with zero attached hydrogens (tertiary/aromatic N) is 4. The largest absolute Gasteiger partial charge is 0.497 e. The van der Waals surface area contributed by atoms with Gasteiger partial charge < -0.3 is 35.4 Å². The minimum atomic E-state index is -1.63. The third-order valence-corrected chi connectivity index (χ3v) is 5.96. The number of carbonyl (C=O) groups is 1. The molecule has 0 radical (unpaired) electrons. The number of methoxy groups -OCH3 is 1. The van der Waals surface area contributed by atoms with E-state index in [1.807, 2.05) is 6.07 Å². The molecular weight excluding hydrogens is 461 g/mol. The van der Waals surface area contributed by atoms with E-state index in [1.54, 1.807) is 31.5 Å². The lowest BCUT2D eigenvalue weighted by Gasteiger charge is -2.22. The molecule has 12 heteroatoms. The van der Waals surface area contributed by atoms with Crippen molar-refractivity contribution in [2.24, 2.45) is 5.73 Å². The van der Waals surface area contributed by atoms with E-state index >= 15 is 0 Å². The van der Waals surface area contributed by atoms with Crippen LogP contribution in [-0.2, 0) is 16.1 Å². The molecule has 2 heterocycles. The number of rotatable bonds is 15. The van der Waals surface area contributed by atoms with Gasteiger partial charge in [0.2, 0.25) is 0 Å². The summed E-state index contributed by atoms with van der Waals surface area (Å²) in [6.45, 7) is -0.470. The predicted molar refractivity (Wildman–Crippen MR) is 124 cm³/mol. The minimum Gasteiger partial charge on any atom is -0.497 e. The highest BCUT2D eigenvalue weighted by molar-refractivity contribution is 5.80. The van der Waals surface area contributed by atoms with Gasteiger partial charge in [-0.1, -0.05) is 30.2 Å². The number of aliphatic hydroxyl groups is 3. The SMILES string of the molecule is COc1cccc(-c2cn(CC(O)C(O)C(O)C3C(OCCCCCCN)N3C(=O)CF)nn2)c1. The van der Waals surface area contributed by atoms with Crippen LogP contribution >= 0.6 is 0 Å². The molecule has 0 bridgehead atoms. The summed E-state index contributed by atoms with van der Waals surface area (Å²) in [6, 6.07) is 6.26. The van der Waals surface area contributed by atoms with Crippen LogP contribution in [0, 0.1) is 0 Å². The van der Waals surface area contributed by atoms with Crippen molar-refractivity contribution in [3.05, 3.63) is 30.5 Å². The molecule has 1 aromatic heterocycles. The fourth-order valence-electron chi connectivity index (χ4n) is 3.95. The molecule has 2 aromatic rings. The summed E-state index contributed by atoms with van der Waals surface area (Å²) in [5.41, 5.74) is 6.75. The van der Waals surface area contributed by atoms with Crippen LogP contribution in [0.2, 0.25) is 0 Å². The topological polar surface area (TPSA) is 156 Å². The molecule has 0 saturated carbocycles. The Hall–Kier alpha value is -2.64. The molecule has 1 amide bonds. The van der Waals surface area contributed by atoms with Gasteiger partial charge in [-0.2, -0.15) is 0 Å². The molecule has 1 saturated heterocycles. The highest BCUT2D eigenvalue weighted by atomic mass is 19.1. The quantitative estimate of drug-likeness (QED) is 0.198. The van der Waals surface area contributed by atoms with Crippen molar-refractivity contribution in [3.8, 4) is 17.0 Å². The highest BCUT2D eigenvalue weighted by Gasteiger charge is 2.58. The van der Waals surface area contributed by atoms with Gasteiger partial charge in [0.1, 0.15) is 35.8 Å². The smallest absolute Gasteiger partial charge is 0.256 e. The zero-order chi connectivity index (χ0) is 25.4. The van der Waals surface area contributed by atoms with Crippen molar-refractivity contribution in [1.82, 2.24) is 19.9 Å². The number of unbranched alkanes of at least 4 members (excludes halogenated alkanes) is 3. The lowest BCUT2D eigenvalue weighted by molar-refractivity contribution is -0.130. The number of hydrogen-bond donors (Lipinski definition) is 4. The van der Waals surface area contributed by atoms with Gasteiger partial charge in [0.15, 0.2) is 12.9 Å². The fraction of sp³-hybridized carbons (Fsp3) is 0.609. The summed E-state index contributed by atoms with van der Waals surface area (Å²) >= 11 is 0. The molecule has 11 nitrogen and oxygen atoms in total. The van der Waals surface area contributed by atoms with Crippen molar-refractivity contribution >= 4 is 5.91 Å². The number of amides is 1. The van der Waals surface area contributed by atoms with Crippen molar-refractivity contribution in [2.45, 2.75) is 62.8 Å². The van der Waals surface area contributed by atoms with Crippen molar-refractivity contribution in [3.63, 3.8) is 0 Å². The molecule has 35 heavy (non-hydrogen) atoms. The summed E-state index contributed by atoms with van der Waals surface area (Å²) < 4.78 is 25.1. The summed E-state index contributed by atoms with van der Waals surface area (Å²) in [5.74, 6) is -0.192. The zero-order valence-corrected chi connectivity index (χ0v) is 19.7. The lowest BCUT2D eigenvalue weighted by atomic mass is 10.0. The number of benzene rings is 1. The van der Waals surface area contributed by atoms with Crippen LogP contribution in [0.3, 0.4) is 0 Å². The maximum Gasteiger partial charge on any atom is 0.256 e. The minimum absolute atomic E-state index is 0.161. The van der Waals surface area contributed by atoms with E-state index in [1.165, 1.54) is 4.68 Å². The number of halogens is 1. The van der Waals surface area contributed by atoms with Crippen LogP contribution in [0.1, 0.15) is 25.7 Å². The third kappa shape index (κ3) is 6.95. The molecule has 1 aromatic carbocycles. The average Bonchev–Trinajstić information content (AvgIpc) is 3.41. The number of aromatic nitrogens is 3. The molecule has 1 aliphatic rings. The van der Waals surface area contributed by atoms with Crippen LogP contribution in [0.5, 0.6) is 5.75 Å². The van der Waals surface area contributed by atoms with E-state index < -0.39 is 43.2 Å². The molecule has 5 unspecified atom stereocenters. The van der Waals surface area contributed by atoms with Gasteiger partial charge in [0.05, 0.1) is 19.9 Å². The Morgan fingerprint density at radius 2 is 2.00 bits per heavy atom. The van der Waals surface area contributed by atoms with Crippen LogP contribution in [0.25, 0.3) is 11.3 Å². The maximum atomic E-state index is 13.0. The fourth-order valence-corrected chi connectivity index (χ4v) is 3.95. The number of alkyl halides is 1. The van der Waals surface area contributed by atoms with E-state index in [9.17, 15) is 24.5 Å². The summed E-state index contributed by atoms with van der Waals surface area (Å²) in [6.07, 6.45) is -0.370. The number of carbonyl (C=O) groups excluding carboxylic acids is 1. The first-order valence-corrected chi connectivity index (χ1v) is 11.7. The first kappa shape index (κ1) is 27.0. The van der Waals surface area contributed by atoms with E-state index in [-0.39, 0.29) is 6.54 Å². The van der Waals surface area contributed by atoms with Gasteiger partial charge in [-0.05, 0) is 31.5 Å². The van der Waals surface area contributed by atoms with Crippen molar-refractivity contribution < 1.29 is 34.0 Å². The summed E-state index contributed by atoms with van der Waals surface area (Å²) in [5, 5.41) is 39.7. The van der Waals surface area contributed by atoms with E-state index in [0.717, 1.165) is 36.1 Å². The number of ether oxygens (including phenoxy) is 2. The van der Waals surface area contributed by atoms with E-state index in [2.05, 4.69) is 10.3 Å². The van der Waals surface area contributed by atoms with Gasteiger partial charge in [-0.25, -0.2) is 9.07 Å². The second-order valence-corrected chi connectivity index (χ2v) is 8.50. The maximum absolute atomic E-state index is 13.0. The Balaban J connectivity index is 1.55. The van der Waals surface area contributed by atoms with Crippen LogP contribution < -0.4 is 10.5 Å². The van der Waals surface area contributed by atoms with Crippen molar-refractivity contribution in [1.29, 1.82) is 0 Å². The average molecular weight is 496 g/mol. The number of hydrogen-bond acceptors (Lipinski definition) is 9. The molecule has 194 valence electrons. The summed E-state index contributed by atoms with van der Waals surface area (Å²) in [4.78, 5) is 13.0. The Labute approximate surface area is 203 Å². The summed E-state index contributed by atoms with van der Waals surface area (Å²) in [7, 11) is 1.56. The molecule has 0 spiro atoms.